The minimum atomic E-state index is 0.610. The zero-order valence-corrected chi connectivity index (χ0v) is 25.3. The standard InChI is InChI=1S/C41H23N3OS/c1-2-10-25(11-3-1)39-42-40(27-19-20-30-29-13-6-7-15-34(29)45-35(30)21-27)44-41(43-39)31-14-8-16-36-38(31)33-23-32-26(22-37(33)46-36)18-17-24-9-4-5-12-28(24)32/h1-23H. The van der Waals surface area contributed by atoms with E-state index in [1.54, 1.807) is 0 Å². The minimum absolute atomic E-state index is 0.610. The first kappa shape index (κ1) is 25.4. The van der Waals surface area contributed by atoms with Crippen LogP contribution in [0.2, 0.25) is 0 Å². The lowest BCUT2D eigenvalue weighted by Gasteiger charge is -2.10. The molecule has 0 aliphatic carbocycles. The molecule has 4 nitrogen and oxygen atoms in total. The van der Waals surface area contributed by atoms with E-state index >= 15 is 0 Å². The van der Waals surface area contributed by atoms with Gasteiger partial charge >= 0.3 is 0 Å². The van der Waals surface area contributed by atoms with Crippen molar-refractivity contribution in [1.82, 2.24) is 15.0 Å². The van der Waals surface area contributed by atoms with E-state index in [1.165, 1.54) is 41.7 Å². The summed E-state index contributed by atoms with van der Waals surface area (Å²) in [6.07, 6.45) is 0. The quantitative estimate of drug-likeness (QED) is 0.188. The number of benzene rings is 7. The molecule has 10 aromatic rings. The van der Waals surface area contributed by atoms with E-state index in [0.717, 1.165) is 38.6 Å². The van der Waals surface area contributed by atoms with E-state index in [1.807, 2.05) is 65.9 Å². The normalized spacial score (nSPS) is 11.9. The molecule has 46 heavy (non-hydrogen) atoms. The van der Waals surface area contributed by atoms with Gasteiger partial charge in [-0.05, 0) is 57.9 Å². The second-order valence-corrected chi connectivity index (χ2v) is 12.7. The van der Waals surface area contributed by atoms with Crippen molar-refractivity contribution in [2.75, 3.05) is 0 Å². The summed E-state index contributed by atoms with van der Waals surface area (Å²) in [7, 11) is 0. The summed E-state index contributed by atoms with van der Waals surface area (Å²) in [6.45, 7) is 0. The number of para-hydroxylation sites is 1. The molecule has 0 amide bonds. The van der Waals surface area contributed by atoms with Crippen molar-refractivity contribution in [2.24, 2.45) is 0 Å². The maximum Gasteiger partial charge on any atom is 0.164 e. The van der Waals surface area contributed by atoms with Crippen LogP contribution in [0.15, 0.2) is 144 Å². The number of nitrogens with zero attached hydrogens (tertiary/aromatic N) is 3. The van der Waals surface area contributed by atoms with Gasteiger partial charge in [-0.25, -0.2) is 15.0 Å². The van der Waals surface area contributed by atoms with Crippen LogP contribution in [-0.2, 0) is 0 Å². The molecule has 5 heteroatoms. The van der Waals surface area contributed by atoms with Gasteiger partial charge in [0.05, 0.1) is 0 Å². The zero-order chi connectivity index (χ0) is 30.2. The monoisotopic (exact) mass is 605 g/mol. The third-order valence-corrected chi connectivity index (χ3v) is 10.0. The first-order valence-corrected chi connectivity index (χ1v) is 16.1. The van der Waals surface area contributed by atoms with Crippen molar-refractivity contribution in [2.45, 2.75) is 0 Å². The van der Waals surface area contributed by atoms with Crippen LogP contribution in [0.3, 0.4) is 0 Å². The summed E-state index contributed by atoms with van der Waals surface area (Å²) in [4.78, 5) is 15.3. The average Bonchev–Trinajstić information content (AvgIpc) is 3.68. The zero-order valence-electron chi connectivity index (χ0n) is 24.4. The fourth-order valence-corrected chi connectivity index (χ4v) is 7.88. The Morgan fingerprint density at radius 1 is 0.413 bits per heavy atom. The molecule has 3 heterocycles. The van der Waals surface area contributed by atoms with Gasteiger partial charge in [-0.1, -0.05) is 103 Å². The molecular weight excluding hydrogens is 583 g/mol. The molecular formula is C41H23N3OS. The highest BCUT2D eigenvalue weighted by molar-refractivity contribution is 7.26. The van der Waals surface area contributed by atoms with Crippen molar-refractivity contribution in [3.05, 3.63) is 140 Å². The predicted molar refractivity (Wildman–Crippen MR) is 191 cm³/mol. The molecule has 0 bridgehead atoms. The second-order valence-electron chi connectivity index (χ2n) is 11.6. The van der Waals surface area contributed by atoms with Crippen LogP contribution < -0.4 is 0 Å². The van der Waals surface area contributed by atoms with E-state index in [4.69, 9.17) is 19.4 Å². The molecule has 3 aromatic heterocycles. The molecule has 214 valence electrons. The van der Waals surface area contributed by atoms with Gasteiger partial charge in [-0.2, -0.15) is 0 Å². The van der Waals surface area contributed by atoms with Gasteiger partial charge in [0, 0.05) is 47.6 Å². The Labute approximate surface area is 267 Å². The molecule has 0 aliphatic rings. The fraction of sp³-hybridized carbons (Fsp3) is 0. The first-order chi connectivity index (χ1) is 22.8. The Balaban J connectivity index is 1.23. The molecule has 0 aliphatic heterocycles. The van der Waals surface area contributed by atoms with Gasteiger partial charge in [0.15, 0.2) is 17.5 Å². The highest BCUT2D eigenvalue weighted by Crippen LogP contribution is 2.42. The number of hydrogen-bond acceptors (Lipinski definition) is 5. The van der Waals surface area contributed by atoms with Crippen LogP contribution in [0, 0.1) is 0 Å². The molecule has 0 spiro atoms. The van der Waals surface area contributed by atoms with Crippen molar-refractivity contribution in [1.29, 1.82) is 0 Å². The Morgan fingerprint density at radius 3 is 2.07 bits per heavy atom. The Morgan fingerprint density at radius 2 is 1.15 bits per heavy atom. The lowest BCUT2D eigenvalue weighted by atomic mass is 9.98. The molecule has 0 N–H and O–H groups in total. The minimum Gasteiger partial charge on any atom is -0.456 e. The summed E-state index contributed by atoms with van der Waals surface area (Å²) < 4.78 is 8.69. The summed E-state index contributed by atoms with van der Waals surface area (Å²) in [5, 5.41) is 9.55. The maximum absolute atomic E-state index is 6.24. The van der Waals surface area contributed by atoms with Crippen LogP contribution in [0.1, 0.15) is 0 Å². The topological polar surface area (TPSA) is 51.8 Å². The molecule has 0 radical (unpaired) electrons. The van der Waals surface area contributed by atoms with E-state index in [-0.39, 0.29) is 0 Å². The summed E-state index contributed by atoms with van der Waals surface area (Å²) in [5.74, 6) is 1.90. The maximum atomic E-state index is 6.24. The lowest BCUT2D eigenvalue weighted by Crippen LogP contribution is -2.00. The van der Waals surface area contributed by atoms with Crippen molar-refractivity contribution >= 4 is 75.0 Å². The van der Waals surface area contributed by atoms with Gasteiger partial charge in [0.25, 0.3) is 0 Å². The van der Waals surface area contributed by atoms with Gasteiger partial charge in [-0.15, -0.1) is 11.3 Å². The third kappa shape index (κ3) is 3.89. The van der Waals surface area contributed by atoms with Crippen LogP contribution in [0.4, 0.5) is 0 Å². The summed E-state index contributed by atoms with van der Waals surface area (Å²) >= 11 is 1.81. The van der Waals surface area contributed by atoms with Crippen LogP contribution >= 0.6 is 11.3 Å². The molecule has 0 atom stereocenters. The number of aromatic nitrogens is 3. The number of rotatable bonds is 3. The Kier molecular flexibility index (Phi) is 5.41. The SMILES string of the molecule is c1ccc(-c2nc(-c3ccc4c(c3)oc3ccccc34)nc(-c3cccc4sc5cc6ccc7ccccc7c6cc5c34)n2)cc1. The second kappa shape index (κ2) is 9.80. The number of furan rings is 1. The van der Waals surface area contributed by atoms with E-state index in [2.05, 4.69) is 84.9 Å². The molecule has 0 saturated carbocycles. The fourth-order valence-electron chi connectivity index (χ4n) is 6.72. The first-order valence-electron chi connectivity index (χ1n) is 15.3. The molecule has 10 rings (SSSR count). The van der Waals surface area contributed by atoms with Gasteiger partial charge < -0.3 is 4.42 Å². The van der Waals surface area contributed by atoms with Gasteiger partial charge in [-0.3, -0.25) is 0 Å². The van der Waals surface area contributed by atoms with Gasteiger partial charge in [0.2, 0.25) is 0 Å². The third-order valence-electron chi connectivity index (χ3n) is 8.91. The van der Waals surface area contributed by atoms with Crippen LogP contribution in [0.5, 0.6) is 0 Å². The average molecular weight is 606 g/mol. The van der Waals surface area contributed by atoms with Crippen molar-refractivity contribution in [3.63, 3.8) is 0 Å². The summed E-state index contributed by atoms with van der Waals surface area (Å²) in [5.41, 5.74) is 4.50. The van der Waals surface area contributed by atoms with Gasteiger partial charge in [0.1, 0.15) is 11.2 Å². The van der Waals surface area contributed by atoms with E-state index in [0.29, 0.717) is 17.5 Å². The Bertz CT molecular complexity index is 2820. The lowest BCUT2D eigenvalue weighted by molar-refractivity contribution is 0.669. The highest BCUT2D eigenvalue weighted by atomic mass is 32.1. The largest absolute Gasteiger partial charge is 0.456 e. The number of fused-ring (bicyclic) bond motifs is 9. The molecule has 7 aromatic carbocycles. The van der Waals surface area contributed by atoms with E-state index in [9.17, 15) is 0 Å². The van der Waals surface area contributed by atoms with Crippen LogP contribution in [0.25, 0.3) is 97.8 Å². The highest BCUT2D eigenvalue weighted by Gasteiger charge is 2.18. The molecule has 0 saturated heterocycles. The Hall–Kier alpha value is -5.91. The summed E-state index contributed by atoms with van der Waals surface area (Å²) in [6, 6.07) is 48.6. The van der Waals surface area contributed by atoms with Crippen LogP contribution in [-0.4, -0.2) is 15.0 Å². The smallest absolute Gasteiger partial charge is 0.164 e. The predicted octanol–water partition coefficient (Wildman–Crippen LogP) is 11.4. The van der Waals surface area contributed by atoms with Crippen molar-refractivity contribution < 1.29 is 4.42 Å². The van der Waals surface area contributed by atoms with E-state index < -0.39 is 0 Å². The molecule has 0 fully saturated rings. The van der Waals surface area contributed by atoms with Crippen molar-refractivity contribution in [3.8, 4) is 34.2 Å². The molecule has 0 unspecified atom stereocenters. The number of thiophene rings is 1. The number of hydrogen-bond donors (Lipinski definition) is 0.